The van der Waals surface area contributed by atoms with Crippen LogP contribution in [-0.2, 0) is 4.74 Å². The Kier molecular flexibility index (Phi) is 10.7. The fourth-order valence-electron chi connectivity index (χ4n) is 2.62. The first-order chi connectivity index (χ1) is 10.1. The van der Waals surface area contributed by atoms with Crippen LogP contribution in [0.1, 0.15) is 33.6 Å². The molecule has 0 aromatic rings. The van der Waals surface area contributed by atoms with Gasteiger partial charge in [-0.15, -0.1) is 0 Å². The maximum absolute atomic E-state index is 5.72. The second-order valence-electron chi connectivity index (χ2n) is 6.30. The monoisotopic (exact) mass is 317 g/mol. The Hall–Kier alpha value is 0.190. The fraction of sp³-hybridized carbons (Fsp3) is 1.00. The highest BCUT2D eigenvalue weighted by molar-refractivity contribution is 7.99. The summed E-state index contributed by atoms with van der Waals surface area (Å²) in [5, 5.41) is 7.76. The molecule has 1 rings (SSSR count). The van der Waals surface area contributed by atoms with Crippen molar-refractivity contribution < 1.29 is 4.74 Å². The molecule has 4 nitrogen and oxygen atoms in total. The molecule has 126 valence electrons. The van der Waals surface area contributed by atoms with Gasteiger partial charge < -0.3 is 20.3 Å². The zero-order valence-corrected chi connectivity index (χ0v) is 15.2. The lowest BCUT2D eigenvalue weighted by Crippen LogP contribution is -2.45. The molecule has 0 aromatic carbocycles. The number of thioether (sulfide) groups is 1. The van der Waals surface area contributed by atoms with Crippen LogP contribution in [0.5, 0.6) is 0 Å². The Balaban J connectivity index is 1.90. The Morgan fingerprint density at radius 2 is 1.90 bits per heavy atom. The molecule has 1 aliphatic heterocycles. The molecule has 1 heterocycles. The van der Waals surface area contributed by atoms with Crippen LogP contribution in [0.3, 0.4) is 0 Å². The molecule has 1 fully saturated rings. The number of rotatable bonds is 11. The second kappa shape index (κ2) is 11.7. The zero-order chi connectivity index (χ0) is 15.5. The van der Waals surface area contributed by atoms with Crippen molar-refractivity contribution in [2.24, 2.45) is 0 Å². The summed E-state index contributed by atoms with van der Waals surface area (Å²) in [6.07, 6.45) is 4.70. The standard InChI is InChI=1S/C16H35N3OS/c1-14(2)18-16-5-8-19(9-6-16)10-12-20-11-7-17-13-15(3)21-4/h14-18H,5-13H2,1-4H3. The molecule has 1 unspecified atom stereocenters. The lowest BCUT2D eigenvalue weighted by Gasteiger charge is -2.33. The SMILES string of the molecule is CSC(C)CNCCOCCN1CCC(NC(C)C)CC1. The van der Waals surface area contributed by atoms with E-state index in [1.807, 2.05) is 11.8 Å². The largest absolute Gasteiger partial charge is 0.379 e. The number of nitrogens with zero attached hydrogens (tertiary/aromatic N) is 1. The molecule has 0 amide bonds. The normalized spacial score (nSPS) is 19.3. The van der Waals surface area contributed by atoms with Gasteiger partial charge in [-0.05, 0) is 32.2 Å². The molecular formula is C16H35N3OS. The van der Waals surface area contributed by atoms with Crippen molar-refractivity contribution in [2.45, 2.75) is 50.9 Å². The Morgan fingerprint density at radius 1 is 1.19 bits per heavy atom. The molecule has 1 saturated heterocycles. The number of ether oxygens (including phenoxy) is 1. The van der Waals surface area contributed by atoms with Crippen LogP contribution >= 0.6 is 11.8 Å². The summed E-state index contributed by atoms with van der Waals surface area (Å²) in [7, 11) is 0. The van der Waals surface area contributed by atoms with E-state index in [2.05, 4.69) is 42.6 Å². The molecule has 0 radical (unpaired) electrons. The van der Waals surface area contributed by atoms with Gasteiger partial charge in [0.1, 0.15) is 0 Å². The molecule has 0 spiro atoms. The smallest absolute Gasteiger partial charge is 0.0594 e. The van der Waals surface area contributed by atoms with Gasteiger partial charge in [0.25, 0.3) is 0 Å². The number of hydrogen-bond donors (Lipinski definition) is 2. The molecule has 1 aliphatic rings. The van der Waals surface area contributed by atoms with Gasteiger partial charge in [-0.2, -0.15) is 11.8 Å². The average Bonchev–Trinajstić information content (AvgIpc) is 2.47. The predicted molar refractivity (Wildman–Crippen MR) is 94.4 cm³/mol. The number of hydrogen-bond acceptors (Lipinski definition) is 5. The first kappa shape index (κ1) is 19.2. The van der Waals surface area contributed by atoms with Crippen molar-refractivity contribution in [1.29, 1.82) is 0 Å². The summed E-state index contributed by atoms with van der Waals surface area (Å²) in [6, 6.07) is 1.32. The minimum atomic E-state index is 0.603. The van der Waals surface area contributed by atoms with Gasteiger partial charge in [-0.1, -0.05) is 20.8 Å². The fourth-order valence-corrected chi connectivity index (χ4v) is 2.91. The Labute approximate surface area is 135 Å². The molecule has 0 aromatic heterocycles. The van der Waals surface area contributed by atoms with Crippen LogP contribution in [0.4, 0.5) is 0 Å². The van der Waals surface area contributed by atoms with Gasteiger partial charge in [-0.3, -0.25) is 0 Å². The minimum Gasteiger partial charge on any atom is -0.379 e. The van der Waals surface area contributed by atoms with Crippen LogP contribution in [0.2, 0.25) is 0 Å². The minimum absolute atomic E-state index is 0.603. The van der Waals surface area contributed by atoms with Crippen molar-refractivity contribution in [3.8, 4) is 0 Å². The first-order valence-electron chi connectivity index (χ1n) is 8.41. The van der Waals surface area contributed by atoms with E-state index >= 15 is 0 Å². The van der Waals surface area contributed by atoms with E-state index in [0.29, 0.717) is 17.3 Å². The van der Waals surface area contributed by atoms with E-state index in [1.54, 1.807) is 0 Å². The number of nitrogens with one attached hydrogen (secondary N) is 2. The second-order valence-corrected chi connectivity index (χ2v) is 7.58. The summed E-state index contributed by atoms with van der Waals surface area (Å²) >= 11 is 1.90. The third kappa shape index (κ3) is 9.74. The summed E-state index contributed by atoms with van der Waals surface area (Å²) in [6.45, 7) is 13.9. The molecule has 21 heavy (non-hydrogen) atoms. The van der Waals surface area contributed by atoms with Gasteiger partial charge in [-0.25, -0.2) is 0 Å². The van der Waals surface area contributed by atoms with E-state index in [4.69, 9.17) is 4.74 Å². The van der Waals surface area contributed by atoms with Gasteiger partial charge in [0, 0.05) is 37.0 Å². The van der Waals surface area contributed by atoms with Crippen molar-refractivity contribution in [1.82, 2.24) is 15.5 Å². The quantitative estimate of drug-likeness (QED) is 0.568. The Bertz CT molecular complexity index is 246. The molecule has 5 heteroatoms. The van der Waals surface area contributed by atoms with Crippen molar-refractivity contribution in [3.63, 3.8) is 0 Å². The van der Waals surface area contributed by atoms with Gasteiger partial charge in [0.05, 0.1) is 13.2 Å². The van der Waals surface area contributed by atoms with Gasteiger partial charge in [0.15, 0.2) is 0 Å². The van der Waals surface area contributed by atoms with Crippen LogP contribution in [-0.4, -0.2) is 74.4 Å². The van der Waals surface area contributed by atoms with E-state index < -0.39 is 0 Å². The highest BCUT2D eigenvalue weighted by Gasteiger charge is 2.18. The van der Waals surface area contributed by atoms with Crippen molar-refractivity contribution in [3.05, 3.63) is 0 Å². The third-order valence-electron chi connectivity index (χ3n) is 3.97. The number of piperidine rings is 1. The predicted octanol–water partition coefficient (Wildman–Crippen LogP) is 1.81. The summed E-state index contributed by atoms with van der Waals surface area (Å²) in [5.74, 6) is 0. The van der Waals surface area contributed by atoms with Crippen molar-refractivity contribution >= 4 is 11.8 Å². The van der Waals surface area contributed by atoms with E-state index in [0.717, 1.165) is 32.8 Å². The van der Waals surface area contributed by atoms with Crippen LogP contribution < -0.4 is 10.6 Å². The highest BCUT2D eigenvalue weighted by Crippen LogP contribution is 2.10. The summed E-state index contributed by atoms with van der Waals surface area (Å²) < 4.78 is 5.72. The maximum Gasteiger partial charge on any atom is 0.0594 e. The molecule has 0 saturated carbocycles. The van der Waals surface area contributed by atoms with E-state index in [-0.39, 0.29) is 0 Å². The topological polar surface area (TPSA) is 36.5 Å². The molecule has 0 aliphatic carbocycles. The maximum atomic E-state index is 5.72. The van der Waals surface area contributed by atoms with Gasteiger partial charge >= 0.3 is 0 Å². The first-order valence-corrected chi connectivity index (χ1v) is 9.70. The summed E-state index contributed by atoms with van der Waals surface area (Å²) in [4.78, 5) is 2.53. The number of likely N-dealkylation sites (tertiary alicyclic amines) is 1. The molecule has 1 atom stereocenters. The van der Waals surface area contributed by atoms with Crippen LogP contribution in [0.15, 0.2) is 0 Å². The summed E-state index contributed by atoms with van der Waals surface area (Å²) in [5.41, 5.74) is 0. The molecule has 0 bridgehead atoms. The average molecular weight is 318 g/mol. The van der Waals surface area contributed by atoms with E-state index in [9.17, 15) is 0 Å². The zero-order valence-electron chi connectivity index (χ0n) is 14.4. The molecular weight excluding hydrogens is 282 g/mol. The van der Waals surface area contributed by atoms with Crippen LogP contribution in [0.25, 0.3) is 0 Å². The highest BCUT2D eigenvalue weighted by atomic mass is 32.2. The van der Waals surface area contributed by atoms with Crippen LogP contribution in [0, 0.1) is 0 Å². The Morgan fingerprint density at radius 3 is 2.52 bits per heavy atom. The van der Waals surface area contributed by atoms with Crippen molar-refractivity contribution in [2.75, 3.05) is 52.2 Å². The molecule has 2 N–H and O–H groups in total. The third-order valence-corrected chi connectivity index (χ3v) is 4.94. The lowest BCUT2D eigenvalue weighted by molar-refractivity contribution is 0.0926. The lowest BCUT2D eigenvalue weighted by atomic mass is 10.0. The van der Waals surface area contributed by atoms with E-state index in [1.165, 1.54) is 25.9 Å². The van der Waals surface area contributed by atoms with Gasteiger partial charge in [0.2, 0.25) is 0 Å².